The lowest BCUT2D eigenvalue weighted by atomic mass is 10.2. The molecule has 0 radical (unpaired) electrons. The van der Waals surface area contributed by atoms with E-state index in [1.165, 1.54) is 35.9 Å². The zero-order chi connectivity index (χ0) is 24.4. The third kappa shape index (κ3) is 3.56. The Hall–Kier alpha value is -3.29. The molecule has 1 fully saturated rings. The average molecular weight is 495 g/mol. The monoisotopic (exact) mass is 495 g/mol. The van der Waals surface area contributed by atoms with Crippen molar-refractivity contribution >= 4 is 32.4 Å². The quantitative estimate of drug-likeness (QED) is 0.549. The topological polar surface area (TPSA) is 117 Å². The summed E-state index contributed by atoms with van der Waals surface area (Å²) in [5, 5.41) is 4.03. The van der Waals surface area contributed by atoms with E-state index < -0.39 is 33.3 Å². The van der Waals surface area contributed by atoms with Crippen LogP contribution in [0.5, 0.6) is 0 Å². The summed E-state index contributed by atoms with van der Waals surface area (Å²) in [7, 11) is -2.24. The fourth-order valence-corrected chi connectivity index (χ4v) is 5.36. The van der Waals surface area contributed by atoms with Crippen molar-refractivity contribution in [2.45, 2.75) is 44.8 Å². The first-order chi connectivity index (χ1) is 16.0. The van der Waals surface area contributed by atoms with Gasteiger partial charge in [0.05, 0.1) is 16.2 Å². The summed E-state index contributed by atoms with van der Waals surface area (Å²) in [6, 6.07) is 0.326. The molecular formula is C20H20F3N7O3S. The van der Waals surface area contributed by atoms with Gasteiger partial charge in [-0.25, -0.2) is 28.1 Å². The van der Waals surface area contributed by atoms with Crippen LogP contribution in [0.1, 0.15) is 50.2 Å². The number of hydrogen-bond acceptors (Lipinski definition) is 7. The van der Waals surface area contributed by atoms with Crippen molar-refractivity contribution in [2.75, 3.05) is 5.75 Å². The van der Waals surface area contributed by atoms with E-state index >= 15 is 0 Å². The summed E-state index contributed by atoms with van der Waals surface area (Å²) >= 11 is 0. The second-order valence-corrected chi connectivity index (χ2v) is 10.5. The van der Waals surface area contributed by atoms with E-state index in [2.05, 4.69) is 20.1 Å². The van der Waals surface area contributed by atoms with Gasteiger partial charge >= 0.3 is 6.18 Å². The van der Waals surface area contributed by atoms with Gasteiger partial charge in [-0.2, -0.15) is 18.3 Å². The molecule has 180 valence electrons. The van der Waals surface area contributed by atoms with Crippen LogP contribution < -0.4 is 5.56 Å². The van der Waals surface area contributed by atoms with Crippen molar-refractivity contribution in [3.63, 3.8) is 0 Å². The molecule has 0 bridgehead atoms. The summed E-state index contributed by atoms with van der Waals surface area (Å²) in [5.41, 5.74) is -2.11. The lowest BCUT2D eigenvalue weighted by Gasteiger charge is -2.18. The Morgan fingerprint density at radius 2 is 1.94 bits per heavy atom. The van der Waals surface area contributed by atoms with Crippen LogP contribution in [-0.2, 0) is 23.1 Å². The van der Waals surface area contributed by atoms with Crippen LogP contribution in [0.15, 0.2) is 33.4 Å². The molecule has 5 rings (SSSR count). The molecule has 1 aliphatic carbocycles. The van der Waals surface area contributed by atoms with Gasteiger partial charge in [0.2, 0.25) is 0 Å². The van der Waals surface area contributed by atoms with E-state index in [1.54, 1.807) is 0 Å². The Labute approximate surface area is 191 Å². The predicted molar refractivity (Wildman–Crippen MR) is 117 cm³/mol. The number of hydrogen-bond donors (Lipinski definition) is 0. The standard InChI is InChI=1S/C20H20F3N7O3S/c1-3-34(32,33)13-6-7-15(29-10-24-9-25-29)27-16(13)18-26-12-8-14(20(21,22)23)30(11-4-5-11)19(31)17(12)28(18)2/h8-11H,3-7H2,1-2H3. The zero-order valence-electron chi connectivity index (χ0n) is 18.2. The largest absolute Gasteiger partial charge is 0.431 e. The van der Waals surface area contributed by atoms with Gasteiger partial charge in [0.15, 0.2) is 15.7 Å². The number of rotatable bonds is 4. The molecule has 10 nitrogen and oxygen atoms in total. The van der Waals surface area contributed by atoms with E-state index in [-0.39, 0.29) is 46.1 Å². The molecule has 3 aromatic heterocycles. The van der Waals surface area contributed by atoms with E-state index in [0.717, 1.165) is 10.6 Å². The van der Waals surface area contributed by atoms with Crippen molar-refractivity contribution in [3.8, 4) is 0 Å². The number of halogens is 3. The Bertz CT molecular complexity index is 1530. The summed E-state index contributed by atoms with van der Waals surface area (Å²) in [6.07, 6.45) is -0.699. The highest BCUT2D eigenvalue weighted by Gasteiger charge is 2.40. The van der Waals surface area contributed by atoms with Gasteiger partial charge in [-0.05, 0) is 25.3 Å². The second-order valence-electron chi connectivity index (χ2n) is 8.21. The number of fused-ring (bicyclic) bond motifs is 1. The molecule has 2 aliphatic rings. The van der Waals surface area contributed by atoms with Crippen LogP contribution in [0.4, 0.5) is 13.2 Å². The molecule has 0 aromatic carbocycles. The van der Waals surface area contributed by atoms with Crippen LogP contribution >= 0.6 is 0 Å². The second kappa shape index (κ2) is 7.61. The molecule has 0 unspecified atom stereocenters. The number of aliphatic imine (C=N–C) groups is 1. The normalized spacial score (nSPS) is 17.5. The maximum absolute atomic E-state index is 13.8. The summed E-state index contributed by atoms with van der Waals surface area (Å²) < 4.78 is 70.5. The minimum absolute atomic E-state index is 0.00175. The van der Waals surface area contributed by atoms with Gasteiger partial charge in [0.25, 0.3) is 5.56 Å². The third-order valence-electron chi connectivity index (χ3n) is 6.01. The Balaban J connectivity index is 1.80. The number of aromatic nitrogens is 6. The van der Waals surface area contributed by atoms with E-state index in [1.807, 2.05) is 0 Å². The fourth-order valence-electron chi connectivity index (χ4n) is 4.17. The number of aryl methyl sites for hydroxylation is 1. The molecule has 0 saturated heterocycles. The molecule has 0 spiro atoms. The maximum Gasteiger partial charge on any atom is 0.431 e. The van der Waals surface area contributed by atoms with Crippen LogP contribution in [0, 0.1) is 0 Å². The first-order valence-electron chi connectivity index (χ1n) is 10.6. The summed E-state index contributed by atoms with van der Waals surface area (Å²) in [5.74, 6) is 0.218. The maximum atomic E-state index is 13.8. The van der Waals surface area contributed by atoms with Crippen LogP contribution in [0.2, 0.25) is 0 Å². The minimum atomic E-state index is -4.74. The van der Waals surface area contributed by atoms with Crippen molar-refractivity contribution in [1.29, 1.82) is 0 Å². The summed E-state index contributed by atoms with van der Waals surface area (Å²) in [6.45, 7) is 1.50. The van der Waals surface area contributed by atoms with Gasteiger partial charge in [0.1, 0.15) is 35.4 Å². The van der Waals surface area contributed by atoms with Crippen molar-refractivity contribution < 1.29 is 21.6 Å². The Morgan fingerprint density at radius 1 is 1.21 bits per heavy atom. The third-order valence-corrected chi connectivity index (χ3v) is 7.92. The van der Waals surface area contributed by atoms with E-state index in [0.29, 0.717) is 18.7 Å². The van der Waals surface area contributed by atoms with Crippen LogP contribution in [0.25, 0.3) is 16.7 Å². The zero-order valence-corrected chi connectivity index (χ0v) is 19.1. The number of alkyl halides is 3. The fraction of sp³-hybridized carbons (Fsp3) is 0.450. The molecule has 0 N–H and O–H groups in total. The van der Waals surface area contributed by atoms with Gasteiger partial charge in [0, 0.05) is 19.5 Å². The lowest BCUT2D eigenvalue weighted by Crippen LogP contribution is -2.28. The average Bonchev–Trinajstić information content (AvgIpc) is 3.35. The number of sulfone groups is 1. The Kier molecular flexibility index (Phi) is 5.04. The van der Waals surface area contributed by atoms with Crippen molar-refractivity contribution in [1.82, 2.24) is 28.9 Å². The summed E-state index contributed by atoms with van der Waals surface area (Å²) in [4.78, 5) is 25.8. The first kappa shape index (κ1) is 22.5. The van der Waals surface area contributed by atoms with Crippen LogP contribution in [-0.4, -0.2) is 48.9 Å². The van der Waals surface area contributed by atoms with Gasteiger partial charge in [-0.3, -0.25) is 9.36 Å². The molecule has 1 aliphatic heterocycles. The molecule has 4 heterocycles. The molecular weight excluding hydrogens is 475 g/mol. The molecule has 0 amide bonds. The highest BCUT2D eigenvalue weighted by molar-refractivity contribution is 7.95. The van der Waals surface area contributed by atoms with Crippen molar-refractivity contribution in [2.24, 2.45) is 12.0 Å². The molecule has 3 aromatic rings. The first-order valence-corrected chi connectivity index (χ1v) is 12.3. The molecule has 14 heteroatoms. The highest BCUT2D eigenvalue weighted by atomic mass is 32.2. The van der Waals surface area contributed by atoms with Crippen molar-refractivity contribution in [3.05, 3.63) is 45.5 Å². The van der Waals surface area contributed by atoms with Gasteiger partial charge in [-0.15, -0.1) is 0 Å². The number of imidazole rings is 1. The lowest BCUT2D eigenvalue weighted by molar-refractivity contribution is -0.144. The van der Waals surface area contributed by atoms with Gasteiger partial charge in [-0.1, -0.05) is 6.92 Å². The molecule has 34 heavy (non-hydrogen) atoms. The van der Waals surface area contributed by atoms with E-state index in [9.17, 15) is 26.4 Å². The smallest absolute Gasteiger partial charge is 0.321 e. The SMILES string of the molecule is CCS(=O)(=O)C1=C(c2nc3cc(C(F)(F)F)n(C4CC4)c(=O)c3n2C)N=C(n2cncn2)CC1. The van der Waals surface area contributed by atoms with Crippen LogP contribution in [0.3, 0.4) is 0 Å². The molecule has 1 saturated carbocycles. The Morgan fingerprint density at radius 3 is 2.53 bits per heavy atom. The van der Waals surface area contributed by atoms with E-state index in [4.69, 9.17) is 0 Å². The highest BCUT2D eigenvalue weighted by Crippen LogP contribution is 2.40. The minimum Gasteiger partial charge on any atom is -0.321 e. The number of pyridine rings is 1. The molecule has 0 atom stereocenters. The van der Waals surface area contributed by atoms with Gasteiger partial charge < -0.3 is 4.57 Å². The number of allylic oxidation sites excluding steroid dienone is 1. The predicted octanol–water partition coefficient (Wildman–Crippen LogP) is 2.52. The number of nitrogens with zero attached hydrogens (tertiary/aromatic N) is 7.